The highest BCUT2D eigenvalue weighted by Crippen LogP contribution is 2.31. The fourth-order valence-corrected chi connectivity index (χ4v) is 4.42. The molecule has 1 aliphatic carbocycles. The number of aryl methyl sites for hydroxylation is 1. The molecule has 35 heavy (non-hydrogen) atoms. The van der Waals surface area contributed by atoms with Gasteiger partial charge in [-0.3, -0.25) is 19.7 Å². The van der Waals surface area contributed by atoms with Gasteiger partial charge in [-0.25, -0.2) is 0 Å². The maximum atomic E-state index is 13.4. The van der Waals surface area contributed by atoms with Crippen LogP contribution in [0.1, 0.15) is 50.2 Å². The number of nitro benzene ring substituents is 1. The van der Waals surface area contributed by atoms with Gasteiger partial charge >= 0.3 is 5.69 Å². The molecule has 1 atom stereocenters. The second-order valence-corrected chi connectivity index (χ2v) is 8.80. The molecular formula is C26H33N3O6. The fourth-order valence-electron chi connectivity index (χ4n) is 4.42. The minimum absolute atomic E-state index is 0.0407. The summed E-state index contributed by atoms with van der Waals surface area (Å²) in [5.74, 6) is -0.201. The van der Waals surface area contributed by atoms with E-state index in [-0.39, 0.29) is 48.2 Å². The molecule has 2 aromatic carbocycles. The first-order valence-corrected chi connectivity index (χ1v) is 11.9. The summed E-state index contributed by atoms with van der Waals surface area (Å²) in [6.07, 6.45) is 4.57. The van der Waals surface area contributed by atoms with Gasteiger partial charge in [-0.2, -0.15) is 0 Å². The van der Waals surface area contributed by atoms with E-state index < -0.39 is 11.0 Å². The van der Waals surface area contributed by atoms with Crippen molar-refractivity contribution in [2.75, 3.05) is 13.7 Å². The van der Waals surface area contributed by atoms with Crippen LogP contribution >= 0.6 is 0 Å². The molecule has 9 heteroatoms. The molecule has 2 amide bonds. The molecule has 3 rings (SSSR count). The van der Waals surface area contributed by atoms with Crippen LogP contribution in [0, 0.1) is 17.0 Å². The van der Waals surface area contributed by atoms with Gasteiger partial charge in [0.15, 0.2) is 6.61 Å². The molecule has 0 aliphatic heterocycles. The predicted molar refractivity (Wildman–Crippen MR) is 131 cm³/mol. The van der Waals surface area contributed by atoms with Gasteiger partial charge in [-0.05, 0) is 37.8 Å². The maximum absolute atomic E-state index is 13.4. The molecule has 1 unspecified atom stereocenters. The summed E-state index contributed by atoms with van der Waals surface area (Å²) < 4.78 is 10.7. The van der Waals surface area contributed by atoms with Crippen LogP contribution in [0.3, 0.4) is 0 Å². The zero-order chi connectivity index (χ0) is 25.4. The third-order valence-electron chi connectivity index (χ3n) is 6.23. The van der Waals surface area contributed by atoms with Gasteiger partial charge in [0.1, 0.15) is 11.8 Å². The summed E-state index contributed by atoms with van der Waals surface area (Å²) >= 11 is 0. The number of ether oxygens (including phenoxy) is 2. The minimum Gasteiger partial charge on any atom is -0.490 e. The molecule has 0 heterocycles. The number of benzene rings is 2. The van der Waals surface area contributed by atoms with Gasteiger partial charge in [0.25, 0.3) is 5.91 Å². The Bertz CT molecular complexity index is 1050. The third-order valence-corrected chi connectivity index (χ3v) is 6.23. The maximum Gasteiger partial charge on any atom is 0.311 e. The van der Waals surface area contributed by atoms with Crippen molar-refractivity contribution in [3.63, 3.8) is 0 Å². The number of carbonyl (C=O) groups excluding carboxylic acids is 2. The molecule has 0 spiro atoms. The molecule has 0 aromatic heterocycles. The van der Waals surface area contributed by atoms with E-state index in [1.807, 2.05) is 38.1 Å². The third kappa shape index (κ3) is 6.94. The summed E-state index contributed by atoms with van der Waals surface area (Å²) in [5.41, 5.74) is 1.79. The summed E-state index contributed by atoms with van der Waals surface area (Å²) in [7, 11) is 1.33. The monoisotopic (exact) mass is 483 g/mol. The summed E-state index contributed by atoms with van der Waals surface area (Å²) in [4.78, 5) is 38.7. The highest BCUT2D eigenvalue weighted by atomic mass is 16.6. The van der Waals surface area contributed by atoms with Gasteiger partial charge < -0.3 is 19.7 Å². The first kappa shape index (κ1) is 26.0. The zero-order valence-corrected chi connectivity index (χ0v) is 20.5. The van der Waals surface area contributed by atoms with Crippen LogP contribution in [-0.2, 0) is 16.1 Å². The van der Waals surface area contributed by atoms with Crippen LogP contribution in [0.5, 0.6) is 11.5 Å². The normalized spacial score (nSPS) is 14.3. The standard InChI is InChI=1S/C26H33N3O6/c1-4-22(26(31)27-20-10-5-6-11-20)28(16-19-9-7-8-18(2)14-19)25(30)17-35-21-12-13-23(29(32)33)24(15-21)34-3/h7-9,12-15,20,22H,4-6,10-11,16-17H2,1-3H3,(H,27,31). The molecule has 0 bridgehead atoms. The van der Waals surface area contributed by atoms with Crippen LogP contribution in [0.15, 0.2) is 42.5 Å². The average Bonchev–Trinajstić information content (AvgIpc) is 3.35. The lowest BCUT2D eigenvalue weighted by Gasteiger charge is -2.31. The highest BCUT2D eigenvalue weighted by Gasteiger charge is 2.31. The summed E-state index contributed by atoms with van der Waals surface area (Å²) in [6, 6.07) is 11.4. The molecule has 2 aromatic rings. The average molecular weight is 484 g/mol. The SMILES string of the molecule is CCC(C(=O)NC1CCCC1)N(Cc1cccc(C)c1)C(=O)COc1ccc([N+](=O)[O-])c(OC)c1. The second-order valence-electron chi connectivity index (χ2n) is 8.80. The van der Waals surface area contributed by atoms with Crippen molar-refractivity contribution in [3.05, 3.63) is 63.7 Å². The van der Waals surface area contributed by atoms with E-state index in [2.05, 4.69) is 5.32 Å². The van der Waals surface area contributed by atoms with E-state index in [9.17, 15) is 19.7 Å². The van der Waals surface area contributed by atoms with Crippen molar-refractivity contribution in [1.29, 1.82) is 0 Å². The first-order chi connectivity index (χ1) is 16.8. The topological polar surface area (TPSA) is 111 Å². The summed E-state index contributed by atoms with van der Waals surface area (Å²) in [6.45, 7) is 3.81. The summed E-state index contributed by atoms with van der Waals surface area (Å²) in [5, 5.41) is 14.2. The van der Waals surface area contributed by atoms with E-state index in [1.54, 1.807) is 4.90 Å². The van der Waals surface area contributed by atoms with Crippen LogP contribution < -0.4 is 14.8 Å². The van der Waals surface area contributed by atoms with Crippen molar-refractivity contribution >= 4 is 17.5 Å². The molecule has 9 nitrogen and oxygen atoms in total. The number of hydrogen-bond acceptors (Lipinski definition) is 6. The number of nitrogens with one attached hydrogen (secondary N) is 1. The zero-order valence-electron chi connectivity index (χ0n) is 20.5. The second kappa shape index (κ2) is 12.2. The Morgan fingerprint density at radius 1 is 1.20 bits per heavy atom. The first-order valence-electron chi connectivity index (χ1n) is 11.9. The highest BCUT2D eigenvalue weighted by molar-refractivity contribution is 5.88. The van der Waals surface area contributed by atoms with E-state index in [0.717, 1.165) is 36.8 Å². The molecule has 1 N–H and O–H groups in total. The number of amides is 2. The Hall–Kier alpha value is -3.62. The largest absolute Gasteiger partial charge is 0.490 e. The predicted octanol–water partition coefficient (Wildman–Crippen LogP) is 4.16. The van der Waals surface area contributed by atoms with Gasteiger partial charge in [0.2, 0.25) is 11.7 Å². The Kier molecular flexibility index (Phi) is 9.05. The number of methoxy groups -OCH3 is 1. The lowest BCUT2D eigenvalue weighted by Crippen LogP contribution is -2.52. The smallest absolute Gasteiger partial charge is 0.311 e. The van der Waals surface area contributed by atoms with Gasteiger partial charge in [-0.1, -0.05) is 49.6 Å². The van der Waals surface area contributed by atoms with Crippen LogP contribution in [0.2, 0.25) is 0 Å². The fraction of sp³-hybridized carbons (Fsp3) is 0.462. The number of rotatable bonds is 11. The van der Waals surface area contributed by atoms with Crippen molar-refractivity contribution < 1.29 is 24.0 Å². The quantitative estimate of drug-likeness (QED) is 0.380. The molecule has 1 fully saturated rings. The number of carbonyl (C=O) groups is 2. The van der Waals surface area contributed by atoms with Crippen LogP contribution in [0.4, 0.5) is 5.69 Å². The van der Waals surface area contributed by atoms with Crippen LogP contribution in [0.25, 0.3) is 0 Å². The number of hydrogen-bond donors (Lipinski definition) is 1. The molecule has 0 radical (unpaired) electrons. The number of nitrogens with zero attached hydrogens (tertiary/aromatic N) is 2. The van der Waals surface area contributed by atoms with E-state index >= 15 is 0 Å². The molecule has 1 saturated carbocycles. The van der Waals surface area contributed by atoms with E-state index in [4.69, 9.17) is 9.47 Å². The molecular weight excluding hydrogens is 450 g/mol. The molecule has 188 valence electrons. The van der Waals surface area contributed by atoms with E-state index in [0.29, 0.717) is 6.42 Å². The number of nitro groups is 1. The van der Waals surface area contributed by atoms with Crippen molar-refractivity contribution in [1.82, 2.24) is 10.2 Å². The minimum atomic E-state index is -0.640. The van der Waals surface area contributed by atoms with Crippen LogP contribution in [-0.4, -0.2) is 47.4 Å². The Morgan fingerprint density at radius 2 is 1.94 bits per heavy atom. The van der Waals surface area contributed by atoms with Gasteiger partial charge in [0, 0.05) is 24.7 Å². The Morgan fingerprint density at radius 3 is 2.57 bits per heavy atom. The van der Waals surface area contributed by atoms with Crippen molar-refractivity contribution in [2.45, 2.75) is 64.6 Å². The van der Waals surface area contributed by atoms with Gasteiger partial charge in [0.05, 0.1) is 12.0 Å². The lowest BCUT2D eigenvalue weighted by molar-refractivity contribution is -0.385. The van der Waals surface area contributed by atoms with E-state index in [1.165, 1.54) is 25.3 Å². The van der Waals surface area contributed by atoms with Crippen molar-refractivity contribution in [3.8, 4) is 11.5 Å². The molecule has 0 saturated heterocycles. The Balaban J connectivity index is 1.78. The van der Waals surface area contributed by atoms with Gasteiger partial charge in [-0.15, -0.1) is 0 Å². The Labute approximate surface area is 205 Å². The lowest BCUT2D eigenvalue weighted by atomic mass is 10.1. The molecule has 1 aliphatic rings. The van der Waals surface area contributed by atoms with Crippen molar-refractivity contribution in [2.24, 2.45) is 0 Å².